The van der Waals surface area contributed by atoms with Gasteiger partial charge in [0.05, 0.1) is 10.7 Å². The monoisotopic (exact) mass is 385 g/mol. The first-order chi connectivity index (χ1) is 12.6. The lowest BCUT2D eigenvalue weighted by atomic mass is 10.1. The molecule has 2 aliphatic rings. The molecule has 0 radical (unpaired) electrons. The van der Waals surface area contributed by atoms with Crippen molar-refractivity contribution in [3.05, 3.63) is 64.2 Å². The topological polar surface area (TPSA) is 18.5 Å². The van der Waals surface area contributed by atoms with Crippen LogP contribution in [-0.2, 0) is 12.8 Å². The molecule has 0 atom stereocenters. The number of nitrogens with zero attached hydrogens (tertiary/aromatic N) is 2. The van der Waals surface area contributed by atoms with E-state index in [0.29, 0.717) is 6.04 Å². The van der Waals surface area contributed by atoms with Gasteiger partial charge in [-0.2, -0.15) is 0 Å². The van der Waals surface area contributed by atoms with Gasteiger partial charge in [0.2, 0.25) is 0 Å². The fraction of sp³-hybridized carbons (Fsp3) is 0.381. The Balaban J connectivity index is 1.32. The summed E-state index contributed by atoms with van der Waals surface area (Å²) in [6.45, 7) is 6.04. The summed E-state index contributed by atoms with van der Waals surface area (Å²) in [7, 11) is 0. The quantitative estimate of drug-likeness (QED) is 0.783. The smallest absolute Gasteiger partial charge is 0.173 e. The molecule has 4 rings (SSSR count). The second-order valence-corrected chi connectivity index (χ2v) is 7.99. The molecule has 3 nitrogen and oxygen atoms in total. The summed E-state index contributed by atoms with van der Waals surface area (Å²) in [6, 6.07) is 15.5. The zero-order valence-electron chi connectivity index (χ0n) is 15.0. The summed E-state index contributed by atoms with van der Waals surface area (Å²) in [5.41, 5.74) is 4.99. The van der Waals surface area contributed by atoms with E-state index in [1.54, 1.807) is 0 Å². The molecular formula is C21H24ClN3S. The Morgan fingerprint density at radius 3 is 2.31 bits per heavy atom. The molecule has 0 spiro atoms. The minimum atomic E-state index is 0.641. The SMILES string of the molecule is Cc1cccc(NC(=S)N2CCN(C3Cc4ccccc4C3)CC2)c1Cl. The Labute approximate surface area is 165 Å². The molecule has 136 valence electrons. The number of hydrogen-bond acceptors (Lipinski definition) is 2. The second kappa shape index (κ2) is 7.55. The number of benzene rings is 2. The highest BCUT2D eigenvalue weighted by molar-refractivity contribution is 7.80. The van der Waals surface area contributed by atoms with E-state index in [1.807, 2.05) is 25.1 Å². The third kappa shape index (κ3) is 3.59. The summed E-state index contributed by atoms with van der Waals surface area (Å²) in [6.07, 6.45) is 2.36. The number of thiocarbonyl (C=S) groups is 1. The maximum Gasteiger partial charge on any atom is 0.173 e. The lowest BCUT2D eigenvalue weighted by Crippen LogP contribution is -2.53. The van der Waals surface area contributed by atoms with E-state index in [0.717, 1.165) is 47.6 Å². The number of piperazine rings is 1. The maximum absolute atomic E-state index is 6.38. The highest BCUT2D eigenvalue weighted by Gasteiger charge is 2.29. The molecule has 1 aliphatic heterocycles. The normalized spacial score (nSPS) is 18.0. The van der Waals surface area contributed by atoms with Gasteiger partial charge in [0, 0.05) is 32.2 Å². The van der Waals surface area contributed by atoms with Gasteiger partial charge >= 0.3 is 0 Å². The predicted molar refractivity (Wildman–Crippen MR) is 113 cm³/mol. The molecule has 0 saturated carbocycles. The van der Waals surface area contributed by atoms with Crippen molar-refractivity contribution in [2.24, 2.45) is 0 Å². The van der Waals surface area contributed by atoms with Crippen LogP contribution in [0.25, 0.3) is 0 Å². The van der Waals surface area contributed by atoms with E-state index in [-0.39, 0.29) is 0 Å². The van der Waals surface area contributed by atoms with Crippen LogP contribution < -0.4 is 5.32 Å². The summed E-state index contributed by atoms with van der Waals surface area (Å²) in [4.78, 5) is 4.88. The zero-order valence-corrected chi connectivity index (χ0v) is 16.6. The van der Waals surface area contributed by atoms with Gasteiger partial charge in [-0.05, 0) is 54.7 Å². The largest absolute Gasteiger partial charge is 0.346 e. The van der Waals surface area contributed by atoms with E-state index in [9.17, 15) is 0 Å². The molecule has 5 heteroatoms. The summed E-state index contributed by atoms with van der Waals surface area (Å²) in [5, 5.41) is 4.84. The molecule has 1 fully saturated rings. The van der Waals surface area contributed by atoms with Crippen molar-refractivity contribution in [3.8, 4) is 0 Å². The molecule has 2 aromatic rings. The van der Waals surface area contributed by atoms with Crippen LogP contribution in [0.1, 0.15) is 16.7 Å². The number of anilines is 1. The van der Waals surface area contributed by atoms with Crippen LogP contribution in [0.5, 0.6) is 0 Å². The minimum Gasteiger partial charge on any atom is -0.346 e. The van der Waals surface area contributed by atoms with E-state index < -0.39 is 0 Å². The van der Waals surface area contributed by atoms with Gasteiger partial charge in [-0.25, -0.2) is 0 Å². The zero-order chi connectivity index (χ0) is 18.1. The molecule has 0 unspecified atom stereocenters. The average Bonchev–Trinajstić information content (AvgIpc) is 3.10. The molecule has 2 aromatic carbocycles. The van der Waals surface area contributed by atoms with E-state index in [1.165, 1.54) is 24.0 Å². The number of nitrogens with one attached hydrogen (secondary N) is 1. The first-order valence-electron chi connectivity index (χ1n) is 9.23. The van der Waals surface area contributed by atoms with Crippen molar-refractivity contribution < 1.29 is 0 Å². The first-order valence-corrected chi connectivity index (χ1v) is 10.0. The third-order valence-electron chi connectivity index (χ3n) is 5.58. The lowest BCUT2D eigenvalue weighted by molar-refractivity contribution is 0.137. The van der Waals surface area contributed by atoms with Gasteiger partial charge in [0.25, 0.3) is 0 Å². The fourth-order valence-electron chi connectivity index (χ4n) is 4.02. The fourth-order valence-corrected chi connectivity index (χ4v) is 4.49. The van der Waals surface area contributed by atoms with Crippen molar-refractivity contribution >= 4 is 34.6 Å². The molecule has 0 aromatic heterocycles. The van der Waals surface area contributed by atoms with Gasteiger partial charge in [-0.3, -0.25) is 4.90 Å². The van der Waals surface area contributed by atoms with Crippen molar-refractivity contribution in [2.45, 2.75) is 25.8 Å². The molecule has 1 aliphatic carbocycles. The maximum atomic E-state index is 6.38. The molecule has 1 N–H and O–H groups in total. The van der Waals surface area contributed by atoms with Crippen molar-refractivity contribution in [1.29, 1.82) is 0 Å². The Kier molecular flexibility index (Phi) is 5.16. The molecular weight excluding hydrogens is 362 g/mol. The standard InChI is InChI=1S/C21H24ClN3S/c1-15-5-4-8-19(20(15)22)23-21(26)25-11-9-24(10-12-25)18-13-16-6-2-3-7-17(16)14-18/h2-8,18H,9-14H2,1H3,(H,23,26). The molecule has 1 heterocycles. The highest BCUT2D eigenvalue weighted by Crippen LogP contribution is 2.27. The van der Waals surface area contributed by atoms with E-state index in [2.05, 4.69) is 39.4 Å². The minimum absolute atomic E-state index is 0.641. The molecule has 26 heavy (non-hydrogen) atoms. The number of aryl methyl sites for hydroxylation is 1. The highest BCUT2D eigenvalue weighted by atomic mass is 35.5. The van der Waals surface area contributed by atoms with Crippen LogP contribution in [0.15, 0.2) is 42.5 Å². The van der Waals surface area contributed by atoms with Crippen LogP contribution in [0.2, 0.25) is 5.02 Å². The summed E-state index contributed by atoms with van der Waals surface area (Å²) < 4.78 is 0. The average molecular weight is 386 g/mol. The van der Waals surface area contributed by atoms with Gasteiger partial charge in [-0.1, -0.05) is 48.0 Å². The van der Waals surface area contributed by atoms with Gasteiger partial charge in [-0.15, -0.1) is 0 Å². The van der Waals surface area contributed by atoms with Crippen LogP contribution >= 0.6 is 23.8 Å². The Hall–Kier alpha value is -1.62. The number of halogens is 1. The first kappa shape index (κ1) is 17.8. The van der Waals surface area contributed by atoms with Crippen molar-refractivity contribution in [3.63, 3.8) is 0 Å². The van der Waals surface area contributed by atoms with Crippen LogP contribution in [-0.4, -0.2) is 47.1 Å². The van der Waals surface area contributed by atoms with Crippen molar-refractivity contribution in [1.82, 2.24) is 9.80 Å². The summed E-state index contributed by atoms with van der Waals surface area (Å²) in [5.74, 6) is 0. The Bertz CT molecular complexity index is 790. The third-order valence-corrected chi connectivity index (χ3v) is 6.44. The molecule has 1 saturated heterocycles. The van der Waals surface area contributed by atoms with Crippen LogP contribution in [0, 0.1) is 6.92 Å². The second-order valence-electron chi connectivity index (χ2n) is 7.22. The molecule has 0 amide bonds. The lowest BCUT2D eigenvalue weighted by Gasteiger charge is -2.39. The van der Waals surface area contributed by atoms with Gasteiger partial charge in [0.15, 0.2) is 5.11 Å². The van der Waals surface area contributed by atoms with Crippen molar-refractivity contribution in [2.75, 3.05) is 31.5 Å². The Morgan fingerprint density at radius 1 is 1.00 bits per heavy atom. The number of hydrogen-bond donors (Lipinski definition) is 1. The summed E-state index contributed by atoms with van der Waals surface area (Å²) >= 11 is 12.0. The predicted octanol–water partition coefficient (Wildman–Crippen LogP) is 4.13. The number of fused-ring (bicyclic) bond motifs is 1. The van der Waals surface area contributed by atoms with Gasteiger partial charge in [0.1, 0.15) is 0 Å². The van der Waals surface area contributed by atoms with Crippen LogP contribution in [0.3, 0.4) is 0 Å². The van der Waals surface area contributed by atoms with E-state index in [4.69, 9.17) is 23.8 Å². The van der Waals surface area contributed by atoms with Crippen LogP contribution in [0.4, 0.5) is 5.69 Å². The van der Waals surface area contributed by atoms with E-state index >= 15 is 0 Å². The Morgan fingerprint density at radius 2 is 1.65 bits per heavy atom. The van der Waals surface area contributed by atoms with Gasteiger partial charge < -0.3 is 10.2 Å². The number of rotatable bonds is 2. The molecule has 0 bridgehead atoms.